The quantitative estimate of drug-likeness (QED) is 0.581. The predicted molar refractivity (Wildman–Crippen MR) is 114 cm³/mol. The third kappa shape index (κ3) is 4.58. The normalized spacial score (nSPS) is 11.5. The number of carbonyl (C=O) groups excluding carboxylic acids is 1. The van der Waals surface area contributed by atoms with Gasteiger partial charge in [-0.2, -0.15) is 0 Å². The molecule has 0 aliphatic carbocycles. The van der Waals surface area contributed by atoms with E-state index in [0.717, 1.165) is 23.3 Å². The molecule has 0 atom stereocenters. The van der Waals surface area contributed by atoms with Gasteiger partial charge >= 0.3 is 5.97 Å². The Morgan fingerprint density at radius 3 is 2.32 bits per heavy atom. The number of carbonyl (C=O) groups is 2. The molecule has 3 rings (SSSR count). The molecule has 8 heteroatoms. The zero-order chi connectivity index (χ0) is 22.9. The van der Waals surface area contributed by atoms with E-state index < -0.39 is 41.1 Å². The summed E-state index contributed by atoms with van der Waals surface area (Å²) in [6.07, 6.45) is 0. The van der Waals surface area contributed by atoms with Gasteiger partial charge in [0.2, 0.25) is 0 Å². The molecular weight excluding hydrogens is 403 g/mol. The number of benzene rings is 2. The fraction of sp³-hybridized carbons (Fsp3) is 0.261. The zero-order valence-corrected chi connectivity index (χ0v) is 17.4. The van der Waals surface area contributed by atoms with E-state index in [1.807, 2.05) is 24.3 Å². The summed E-state index contributed by atoms with van der Waals surface area (Å²) >= 11 is 0. The van der Waals surface area contributed by atoms with Crippen LogP contribution in [0, 0.1) is 5.82 Å². The van der Waals surface area contributed by atoms with Gasteiger partial charge in [0.15, 0.2) is 0 Å². The molecule has 0 radical (unpaired) electrons. The van der Waals surface area contributed by atoms with Crippen LogP contribution in [-0.2, 0) is 16.8 Å². The lowest BCUT2D eigenvalue weighted by Crippen LogP contribution is -2.36. The van der Waals surface area contributed by atoms with Gasteiger partial charge < -0.3 is 20.1 Å². The molecule has 0 spiro atoms. The maximum Gasteiger partial charge on any atom is 0.322 e. The number of nitrogens with one attached hydrogen (secondary N) is 1. The average Bonchev–Trinajstić information content (AvgIpc) is 2.69. The van der Waals surface area contributed by atoms with Crippen molar-refractivity contribution in [3.63, 3.8) is 0 Å². The number of carboxylic acid groups (broad SMARTS) is 1. The van der Waals surface area contributed by atoms with E-state index in [9.17, 15) is 23.9 Å². The summed E-state index contributed by atoms with van der Waals surface area (Å²) in [5, 5.41) is 21.3. The van der Waals surface area contributed by atoms with E-state index in [4.69, 9.17) is 5.11 Å². The van der Waals surface area contributed by atoms with Crippen molar-refractivity contribution in [1.82, 2.24) is 9.88 Å². The van der Waals surface area contributed by atoms with Crippen LogP contribution in [0.5, 0.6) is 5.75 Å². The number of fused-ring (bicyclic) bond motifs is 1. The first-order chi connectivity index (χ1) is 14.5. The third-order valence-corrected chi connectivity index (χ3v) is 4.99. The molecule has 0 bridgehead atoms. The van der Waals surface area contributed by atoms with Crippen LogP contribution in [0.25, 0.3) is 10.9 Å². The third-order valence-electron chi connectivity index (χ3n) is 4.99. The van der Waals surface area contributed by atoms with Gasteiger partial charge in [-0.05, 0) is 34.7 Å². The summed E-state index contributed by atoms with van der Waals surface area (Å²) in [4.78, 5) is 36.3. The van der Waals surface area contributed by atoms with Crippen molar-refractivity contribution >= 4 is 22.8 Å². The number of rotatable bonds is 5. The molecule has 0 unspecified atom stereocenters. The van der Waals surface area contributed by atoms with E-state index in [-0.39, 0.29) is 22.9 Å². The largest absolute Gasteiger partial charge is 0.506 e. The number of carboxylic acids is 1. The molecule has 1 amide bonds. The van der Waals surface area contributed by atoms with E-state index >= 15 is 0 Å². The minimum atomic E-state index is -1.31. The van der Waals surface area contributed by atoms with Crippen LogP contribution in [0.15, 0.2) is 47.3 Å². The highest BCUT2D eigenvalue weighted by Crippen LogP contribution is 2.28. The van der Waals surface area contributed by atoms with Gasteiger partial charge in [0.05, 0.1) is 12.1 Å². The highest BCUT2D eigenvalue weighted by Gasteiger charge is 2.23. The fourth-order valence-electron chi connectivity index (χ4n) is 3.31. The second kappa shape index (κ2) is 8.22. The molecule has 0 saturated heterocycles. The van der Waals surface area contributed by atoms with Gasteiger partial charge in [-0.25, -0.2) is 4.39 Å². The molecule has 0 saturated carbocycles. The van der Waals surface area contributed by atoms with E-state index in [1.165, 1.54) is 10.6 Å². The smallest absolute Gasteiger partial charge is 0.322 e. The van der Waals surface area contributed by atoms with E-state index in [2.05, 4.69) is 26.1 Å². The first-order valence-corrected chi connectivity index (χ1v) is 9.63. The molecule has 3 N–H and O–H groups in total. The molecule has 3 aromatic rings. The summed E-state index contributed by atoms with van der Waals surface area (Å²) in [7, 11) is 0. The Labute approximate surface area is 177 Å². The second-order valence-electron chi connectivity index (χ2n) is 8.30. The Hall–Kier alpha value is -3.68. The molecule has 1 aromatic heterocycles. The summed E-state index contributed by atoms with van der Waals surface area (Å²) < 4.78 is 15.1. The van der Waals surface area contributed by atoms with E-state index in [0.29, 0.717) is 0 Å². The lowest BCUT2D eigenvalue weighted by molar-refractivity contribution is -0.135. The summed E-state index contributed by atoms with van der Waals surface area (Å²) in [6, 6.07) is 11.2. The van der Waals surface area contributed by atoms with E-state index in [1.54, 1.807) is 0 Å². The Morgan fingerprint density at radius 2 is 1.74 bits per heavy atom. The first-order valence-electron chi connectivity index (χ1n) is 9.63. The fourth-order valence-corrected chi connectivity index (χ4v) is 3.31. The van der Waals surface area contributed by atoms with Crippen LogP contribution >= 0.6 is 0 Å². The maximum absolute atomic E-state index is 13.8. The van der Waals surface area contributed by atoms with Crippen LogP contribution in [0.2, 0.25) is 0 Å². The van der Waals surface area contributed by atoms with Crippen LogP contribution < -0.4 is 10.9 Å². The van der Waals surface area contributed by atoms with Crippen molar-refractivity contribution in [2.45, 2.75) is 32.7 Å². The van der Waals surface area contributed by atoms with Gasteiger partial charge in [-0.15, -0.1) is 0 Å². The first kappa shape index (κ1) is 22.0. The molecule has 31 heavy (non-hydrogen) atoms. The number of hydrogen-bond donors (Lipinski definition) is 3. The van der Waals surface area contributed by atoms with Gasteiger partial charge in [0.1, 0.15) is 23.7 Å². The maximum atomic E-state index is 13.8. The molecule has 162 valence electrons. The Kier molecular flexibility index (Phi) is 5.83. The Bertz CT molecular complexity index is 1220. The molecular formula is C23H23FN2O5. The number of aromatic hydroxyl groups is 1. The summed E-state index contributed by atoms with van der Waals surface area (Å²) in [6.45, 7) is 5.59. The number of hydrogen-bond acceptors (Lipinski definition) is 4. The van der Waals surface area contributed by atoms with Crippen molar-refractivity contribution in [2.75, 3.05) is 6.54 Å². The molecule has 2 aromatic carbocycles. The standard InChI is InChI=1S/C23H23FN2O5/c1-23(2,3)14-6-4-13(5-7-14)12-26-17-9-8-15(24)10-16(17)20(29)19(22(26)31)21(30)25-11-18(27)28/h4-10,29H,11-12H2,1-3H3,(H,25,30)(H,27,28). The van der Waals surface area contributed by atoms with Crippen molar-refractivity contribution in [3.05, 3.63) is 75.3 Å². The monoisotopic (exact) mass is 426 g/mol. The number of halogens is 1. The number of amides is 1. The number of pyridine rings is 1. The predicted octanol–water partition coefficient (Wildman–Crippen LogP) is 3.01. The minimum absolute atomic E-state index is 0.0219. The van der Waals surface area contributed by atoms with Gasteiger partial charge in [-0.1, -0.05) is 45.0 Å². The molecule has 0 aliphatic rings. The van der Waals surface area contributed by atoms with Crippen molar-refractivity contribution in [2.24, 2.45) is 0 Å². The van der Waals surface area contributed by atoms with Crippen LogP contribution in [0.3, 0.4) is 0 Å². The highest BCUT2D eigenvalue weighted by molar-refractivity contribution is 6.03. The van der Waals surface area contributed by atoms with Crippen LogP contribution in [-0.4, -0.2) is 33.2 Å². The molecule has 0 fully saturated rings. The molecule has 0 aliphatic heterocycles. The van der Waals surface area contributed by atoms with Crippen LogP contribution in [0.1, 0.15) is 42.3 Å². The summed E-state index contributed by atoms with van der Waals surface area (Å²) in [5.41, 5.74) is 0.634. The molecule has 7 nitrogen and oxygen atoms in total. The van der Waals surface area contributed by atoms with Crippen LogP contribution in [0.4, 0.5) is 4.39 Å². The highest BCUT2D eigenvalue weighted by atomic mass is 19.1. The van der Waals surface area contributed by atoms with Crippen molar-refractivity contribution < 1.29 is 24.2 Å². The molecule has 1 heterocycles. The number of aliphatic carboxylic acids is 1. The topological polar surface area (TPSA) is 109 Å². The Morgan fingerprint density at radius 1 is 1.10 bits per heavy atom. The lowest BCUT2D eigenvalue weighted by atomic mass is 9.87. The Balaban J connectivity index is 2.14. The zero-order valence-electron chi connectivity index (χ0n) is 17.4. The van der Waals surface area contributed by atoms with Crippen molar-refractivity contribution in [1.29, 1.82) is 0 Å². The SMILES string of the molecule is CC(C)(C)c1ccc(Cn2c(=O)c(C(=O)NCC(=O)O)c(O)c3cc(F)ccc32)cc1. The second-order valence-corrected chi connectivity index (χ2v) is 8.30. The minimum Gasteiger partial charge on any atom is -0.506 e. The summed E-state index contributed by atoms with van der Waals surface area (Å²) in [5.74, 6) is -3.70. The van der Waals surface area contributed by atoms with Gasteiger partial charge in [0, 0.05) is 5.39 Å². The number of nitrogens with zero attached hydrogens (tertiary/aromatic N) is 1. The lowest BCUT2D eigenvalue weighted by Gasteiger charge is -2.19. The van der Waals surface area contributed by atoms with Gasteiger partial charge in [0.25, 0.3) is 11.5 Å². The van der Waals surface area contributed by atoms with Crippen molar-refractivity contribution in [3.8, 4) is 5.75 Å². The average molecular weight is 426 g/mol. The number of aromatic nitrogens is 1. The van der Waals surface area contributed by atoms with Gasteiger partial charge in [-0.3, -0.25) is 14.4 Å².